The fourth-order valence-corrected chi connectivity index (χ4v) is 5.39. The van der Waals surface area contributed by atoms with Gasteiger partial charge in [-0.05, 0) is 89.9 Å². The average Bonchev–Trinajstić information content (AvgIpc) is 3.08. The van der Waals surface area contributed by atoms with Gasteiger partial charge in [-0.15, -0.1) is 0 Å². The Balaban J connectivity index is 3.13. The van der Waals surface area contributed by atoms with Gasteiger partial charge in [-0.25, -0.2) is 19.6 Å². The van der Waals surface area contributed by atoms with Crippen LogP contribution in [0.4, 0.5) is 0 Å². The molecule has 0 N–H and O–H groups in total. The van der Waals surface area contributed by atoms with Crippen LogP contribution in [0.15, 0.2) is 48.6 Å². The molecular weight excluding hydrogens is 580 g/mol. The molecule has 0 aliphatic heterocycles. The summed E-state index contributed by atoms with van der Waals surface area (Å²) in [6.45, 7) is 7.38. The molecule has 0 aliphatic carbocycles. The SMILES string of the molecule is CCCCC/C=C\C/C=C\CCCCCCCCOOCCCCCCCOOCCCCCCCC/C=C\C/C=C\CCCCC. The molecule has 0 unspecified atom stereocenters. The van der Waals surface area contributed by atoms with Crippen molar-refractivity contribution in [3.8, 4) is 0 Å². The van der Waals surface area contributed by atoms with E-state index in [2.05, 4.69) is 62.5 Å². The molecule has 0 aromatic heterocycles. The summed E-state index contributed by atoms with van der Waals surface area (Å²) in [6, 6.07) is 0. The first-order valence-corrected chi connectivity index (χ1v) is 20.5. The van der Waals surface area contributed by atoms with Gasteiger partial charge in [0.2, 0.25) is 0 Å². The molecule has 0 bridgehead atoms. The van der Waals surface area contributed by atoms with E-state index in [1.54, 1.807) is 0 Å². The normalized spacial score (nSPS) is 12.3. The zero-order valence-electron chi connectivity index (χ0n) is 31.6. The summed E-state index contributed by atoms with van der Waals surface area (Å²) in [6.07, 6.45) is 54.7. The van der Waals surface area contributed by atoms with E-state index >= 15 is 0 Å². The van der Waals surface area contributed by atoms with E-state index in [0.29, 0.717) is 13.2 Å². The molecule has 0 aromatic carbocycles. The number of hydrogen-bond donors (Lipinski definition) is 0. The first-order chi connectivity index (χ1) is 23.4. The molecule has 0 fully saturated rings. The van der Waals surface area contributed by atoms with Crippen LogP contribution in [-0.2, 0) is 19.6 Å². The smallest absolute Gasteiger partial charge is 0.0822 e. The van der Waals surface area contributed by atoms with E-state index in [1.165, 1.54) is 148 Å². The van der Waals surface area contributed by atoms with Crippen LogP contribution in [0.1, 0.15) is 200 Å². The van der Waals surface area contributed by atoms with E-state index in [-0.39, 0.29) is 0 Å². The van der Waals surface area contributed by atoms with Crippen molar-refractivity contribution in [2.75, 3.05) is 26.4 Å². The summed E-state index contributed by atoms with van der Waals surface area (Å²) in [5.41, 5.74) is 0. The first kappa shape index (κ1) is 45.8. The largest absolute Gasteiger partial charge is 0.237 e. The molecule has 0 amide bonds. The Bertz CT molecular complexity index is 613. The highest BCUT2D eigenvalue weighted by molar-refractivity contribution is 4.93. The van der Waals surface area contributed by atoms with Crippen molar-refractivity contribution in [3.05, 3.63) is 48.6 Å². The molecule has 0 aromatic rings. The molecule has 4 heteroatoms. The van der Waals surface area contributed by atoms with E-state index in [9.17, 15) is 0 Å². The molecule has 0 spiro atoms. The van der Waals surface area contributed by atoms with E-state index in [1.807, 2.05) is 0 Å². The second-order valence-corrected chi connectivity index (χ2v) is 13.2. The van der Waals surface area contributed by atoms with Gasteiger partial charge in [-0.1, -0.05) is 159 Å². The van der Waals surface area contributed by atoms with Crippen LogP contribution in [0, 0.1) is 0 Å². The Morgan fingerprint density at radius 2 is 0.489 bits per heavy atom. The maximum Gasteiger partial charge on any atom is 0.0822 e. The van der Waals surface area contributed by atoms with Crippen molar-refractivity contribution in [2.45, 2.75) is 200 Å². The molecule has 276 valence electrons. The van der Waals surface area contributed by atoms with Gasteiger partial charge >= 0.3 is 0 Å². The molecule has 0 heterocycles. The van der Waals surface area contributed by atoms with Crippen LogP contribution in [-0.4, -0.2) is 26.4 Å². The number of allylic oxidation sites excluding steroid dienone is 8. The highest BCUT2D eigenvalue weighted by Gasteiger charge is 1.97. The van der Waals surface area contributed by atoms with Crippen LogP contribution in [0.3, 0.4) is 0 Å². The zero-order chi connectivity index (χ0) is 33.8. The Labute approximate surface area is 294 Å². The Morgan fingerprint density at radius 3 is 0.766 bits per heavy atom. The van der Waals surface area contributed by atoms with E-state index < -0.39 is 0 Å². The van der Waals surface area contributed by atoms with Gasteiger partial charge in [-0.3, -0.25) is 0 Å². The minimum atomic E-state index is 0.704. The molecule has 0 radical (unpaired) electrons. The lowest BCUT2D eigenvalue weighted by Crippen LogP contribution is -2.00. The van der Waals surface area contributed by atoms with Crippen LogP contribution in [0.25, 0.3) is 0 Å². The maximum atomic E-state index is 5.35. The van der Waals surface area contributed by atoms with Crippen molar-refractivity contribution in [3.63, 3.8) is 0 Å². The van der Waals surface area contributed by atoms with Gasteiger partial charge in [-0.2, -0.15) is 0 Å². The predicted molar refractivity (Wildman–Crippen MR) is 206 cm³/mol. The molecule has 4 nitrogen and oxygen atoms in total. The molecular formula is C43H80O4. The van der Waals surface area contributed by atoms with Gasteiger partial charge in [0.1, 0.15) is 0 Å². The van der Waals surface area contributed by atoms with E-state index in [4.69, 9.17) is 19.6 Å². The van der Waals surface area contributed by atoms with Gasteiger partial charge in [0.05, 0.1) is 26.4 Å². The standard InChI is InChI=1S/C43H80O4/c1-3-5-7-9-11-13-15-17-19-21-23-25-27-29-32-36-40-44-46-42-38-34-31-35-39-43-47-45-41-37-33-30-28-26-24-22-20-18-16-14-12-10-8-6-4-2/h11-14,17-20H,3-10,15-16,21-43H2,1-2H3/b13-11-,14-12-,19-17-,20-18-. The lowest BCUT2D eigenvalue weighted by molar-refractivity contribution is -0.296. The number of unbranched alkanes of at least 4 members (excludes halogenated alkanes) is 22. The molecule has 0 atom stereocenters. The van der Waals surface area contributed by atoms with Crippen molar-refractivity contribution >= 4 is 0 Å². The quantitative estimate of drug-likeness (QED) is 0.0284. The molecule has 47 heavy (non-hydrogen) atoms. The highest BCUT2D eigenvalue weighted by Crippen LogP contribution is 2.10. The van der Waals surface area contributed by atoms with Crippen molar-refractivity contribution < 1.29 is 19.6 Å². The fraction of sp³-hybridized carbons (Fsp3) is 0.814. The van der Waals surface area contributed by atoms with Crippen molar-refractivity contribution in [1.82, 2.24) is 0 Å². The summed E-state index contributed by atoms with van der Waals surface area (Å²) in [4.78, 5) is 21.4. The molecule has 0 saturated heterocycles. The van der Waals surface area contributed by atoms with Gasteiger partial charge < -0.3 is 0 Å². The van der Waals surface area contributed by atoms with E-state index in [0.717, 1.165) is 51.7 Å². The summed E-state index contributed by atoms with van der Waals surface area (Å²) in [7, 11) is 0. The molecule has 0 rings (SSSR count). The van der Waals surface area contributed by atoms with Gasteiger partial charge in [0, 0.05) is 0 Å². The van der Waals surface area contributed by atoms with Gasteiger partial charge in [0.15, 0.2) is 0 Å². The van der Waals surface area contributed by atoms with Crippen molar-refractivity contribution in [2.24, 2.45) is 0 Å². The lowest BCUT2D eigenvalue weighted by Gasteiger charge is -2.06. The second-order valence-electron chi connectivity index (χ2n) is 13.2. The van der Waals surface area contributed by atoms with Gasteiger partial charge in [0.25, 0.3) is 0 Å². The summed E-state index contributed by atoms with van der Waals surface area (Å²) < 4.78 is 0. The number of rotatable bonds is 40. The lowest BCUT2D eigenvalue weighted by atomic mass is 10.1. The van der Waals surface area contributed by atoms with Crippen LogP contribution < -0.4 is 0 Å². The fourth-order valence-electron chi connectivity index (χ4n) is 5.39. The third-order valence-corrected chi connectivity index (χ3v) is 8.48. The summed E-state index contributed by atoms with van der Waals surface area (Å²) in [5, 5.41) is 0. The number of hydrogen-bond acceptors (Lipinski definition) is 4. The minimum absolute atomic E-state index is 0.704. The Kier molecular flexibility index (Phi) is 43.7. The topological polar surface area (TPSA) is 36.9 Å². The van der Waals surface area contributed by atoms with Crippen molar-refractivity contribution in [1.29, 1.82) is 0 Å². The maximum absolute atomic E-state index is 5.35. The third kappa shape index (κ3) is 44.8. The predicted octanol–water partition coefficient (Wildman–Crippen LogP) is 14.5. The zero-order valence-corrected chi connectivity index (χ0v) is 31.6. The summed E-state index contributed by atoms with van der Waals surface area (Å²) >= 11 is 0. The molecule has 0 saturated carbocycles. The Hall–Kier alpha value is -1.20. The van der Waals surface area contributed by atoms with Crippen LogP contribution >= 0.6 is 0 Å². The summed E-state index contributed by atoms with van der Waals surface area (Å²) in [5.74, 6) is 0. The second kappa shape index (κ2) is 44.8. The van der Waals surface area contributed by atoms with Crippen LogP contribution in [0.2, 0.25) is 0 Å². The Morgan fingerprint density at radius 1 is 0.255 bits per heavy atom. The average molecular weight is 661 g/mol. The third-order valence-electron chi connectivity index (χ3n) is 8.48. The van der Waals surface area contributed by atoms with Crippen LogP contribution in [0.5, 0.6) is 0 Å². The molecule has 0 aliphatic rings. The minimum Gasteiger partial charge on any atom is -0.237 e. The monoisotopic (exact) mass is 661 g/mol. The highest BCUT2D eigenvalue weighted by atomic mass is 17.2. The first-order valence-electron chi connectivity index (χ1n) is 20.5.